The van der Waals surface area contributed by atoms with Gasteiger partial charge in [-0.3, -0.25) is 0 Å². The van der Waals surface area contributed by atoms with Crippen LogP contribution in [0, 0.1) is 55.4 Å². The molecule has 0 amide bonds. The first-order valence-electron chi connectivity index (χ1n) is 22.6. The molecule has 0 radical (unpaired) electrons. The van der Waals surface area contributed by atoms with Gasteiger partial charge in [0.15, 0.2) is 0 Å². The SMILES string of the molecule is CCc1cc(OCc2cc(CCc3cc(C)cc(C)c3)cc(OCc3cc(C)cc(C)c3)c2)cc(OCc2cc(OCc3cc(C)cc(C)c3)cc(OCc3cc(C)cc(C)c3)c2)c1. The lowest BCUT2D eigenvalue weighted by atomic mass is 9.99. The van der Waals surface area contributed by atoms with Crippen LogP contribution in [-0.4, -0.2) is 0 Å². The zero-order valence-corrected chi connectivity index (χ0v) is 39.3. The number of hydrogen-bond acceptors (Lipinski definition) is 5. The highest BCUT2D eigenvalue weighted by Crippen LogP contribution is 2.30. The Bertz CT molecular complexity index is 2300. The van der Waals surface area contributed by atoms with Crippen LogP contribution in [0.4, 0.5) is 0 Å². The van der Waals surface area contributed by atoms with Crippen molar-refractivity contribution in [2.45, 2.75) is 115 Å². The summed E-state index contributed by atoms with van der Waals surface area (Å²) in [6, 6.07) is 45.2. The molecular weight excluding hydrogens is 789 g/mol. The van der Waals surface area contributed by atoms with Gasteiger partial charge in [-0.2, -0.15) is 0 Å². The van der Waals surface area contributed by atoms with Gasteiger partial charge in [0, 0.05) is 12.1 Å². The normalized spacial score (nSPS) is 11.1. The molecule has 5 nitrogen and oxygen atoms in total. The Balaban J connectivity index is 1.08. The van der Waals surface area contributed by atoms with Crippen LogP contribution in [0.5, 0.6) is 28.7 Å². The summed E-state index contributed by atoms with van der Waals surface area (Å²) in [6.45, 7) is 21.3. The molecule has 5 heteroatoms. The molecule has 0 unspecified atom stereocenters. The van der Waals surface area contributed by atoms with Crippen molar-refractivity contribution in [3.8, 4) is 28.7 Å². The third kappa shape index (κ3) is 13.8. The maximum atomic E-state index is 6.57. The second kappa shape index (κ2) is 21.3. The van der Waals surface area contributed by atoms with Crippen LogP contribution in [0.25, 0.3) is 0 Å². The Hall–Kier alpha value is -6.46. The van der Waals surface area contributed by atoms with Crippen molar-refractivity contribution in [2.75, 3.05) is 0 Å². The summed E-state index contributed by atoms with van der Waals surface area (Å²) in [5, 5.41) is 0. The zero-order valence-electron chi connectivity index (χ0n) is 39.3. The van der Waals surface area contributed by atoms with Crippen molar-refractivity contribution in [2.24, 2.45) is 0 Å². The average molecular weight is 853 g/mol. The molecule has 0 spiro atoms. The molecule has 0 aliphatic rings. The third-order valence-electron chi connectivity index (χ3n) is 11.2. The number of benzene rings is 7. The summed E-state index contributed by atoms with van der Waals surface area (Å²) in [6.07, 6.45) is 2.69. The summed E-state index contributed by atoms with van der Waals surface area (Å²) < 4.78 is 32.4. The first-order valence-corrected chi connectivity index (χ1v) is 22.6. The summed E-state index contributed by atoms with van der Waals surface area (Å²) in [5.41, 5.74) is 19.1. The maximum Gasteiger partial charge on any atom is 0.123 e. The van der Waals surface area contributed by atoms with Crippen LogP contribution in [0.3, 0.4) is 0 Å². The minimum absolute atomic E-state index is 0.330. The lowest BCUT2D eigenvalue weighted by molar-refractivity contribution is 0.278. The van der Waals surface area contributed by atoms with Crippen molar-refractivity contribution >= 4 is 0 Å². The summed E-state index contributed by atoms with van der Waals surface area (Å²) in [4.78, 5) is 0. The number of hydrogen-bond donors (Lipinski definition) is 0. The number of rotatable bonds is 19. The molecule has 64 heavy (non-hydrogen) atoms. The summed E-state index contributed by atoms with van der Waals surface area (Å²) in [5.74, 6) is 3.81. The molecule has 7 aromatic rings. The molecule has 0 aliphatic heterocycles. The van der Waals surface area contributed by atoms with Gasteiger partial charge in [-0.05, 0) is 156 Å². The fourth-order valence-electron chi connectivity index (χ4n) is 8.71. The molecule has 0 saturated carbocycles. The van der Waals surface area contributed by atoms with Gasteiger partial charge in [-0.1, -0.05) is 130 Å². The van der Waals surface area contributed by atoms with E-state index >= 15 is 0 Å². The fraction of sp³-hybridized carbons (Fsp3) is 0.288. The smallest absolute Gasteiger partial charge is 0.123 e. The van der Waals surface area contributed by atoms with Gasteiger partial charge in [-0.15, -0.1) is 0 Å². The summed E-state index contributed by atoms with van der Waals surface area (Å²) >= 11 is 0. The van der Waals surface area contributed by atoms with Gasteiger partial charge < -0.3 is 23.7 Å². The Labute approximate surface area is 382 Å². The van der Waals surface area contributed by atoms with E-state index in [1.165, 1.54) is 55.6 Å². The third-order valence-corrected chi connectivity index (χ3v) is 11.2. The summed E-state index contributed by atoms with van der Waals surface area (Å²) in [7, 11) is 0. The van der Waals surface area contributed by atoms with E-state index in [9.17, 15) is 0 Å². The van der Waals surface area contributed by atoms with Crippen molar-refractivity contribution in [3.63, 3.8) is 0 Å². The predicted molar refractivity (Wildman–Crippen MR) is 261 cm³/mol. The first kappa shape index (κ1) is 45.6. The van der Waals surface area contributed by atoms with Gasteiger partial charge in [0.25, 0.3) is 0 Å². The minimum Gasteiger partial charge on any atom is -0.489 e. The molecule has 0 bridgehead atoms. The molecule has 0 aliphatic carbocycles. The molecule has 7 rings (SSSR count). The van der Waals surface area contributed by atoms with E-state index in [1.807, 2.05) is 24.3 Å². The lowest BCUT2D eigenvalue weighted by Gasteiger charge is -2.16. The van der Waals surface area contributed by atoms with Crippen LogP contribution in [0.1, 0.15) is 95.9 Å². The Morgan fingerprint density at radius 3 is 0.766 bits per heavy atom. The monoisotopic (exact) mass is 852 g/mol. The topological polar surface area (TPSA) is 46.2 Å². The van der Waals surface area contributed by atoms with E-state index in [0.717, 1.165) is 81.4 Å². The van der Waals surface area contributed by atoms with Crippen molar-refractivity contribution < 1.29 is 23.7 Å². The van der Waals surface area contributed by atoms with Gasteiger partial charge in [0.2, 0.25) is 0 Å². The standard InChI is InChI=1S/C59H64O5/c1-10-47-26-56(63-37-53-25-49(12-11-48-17-39(2)13-40(3)18-48)28-55(29-53)60-34-50-19-41(4)14-42(5)20-50)32-57(27-47)64-38-54-30-58(61-35-51-21-43(6)15-44(7)22-51)33-59(31-54)62-36-52-23-45(8)16-46(9)24-52/h13-33H,10-12,34-38H2,1-9H3. The Morgan fingerprint density at radius 2 is 0.453 bits per heavy atom. The van der Waals surface area contributed by atoms with Crippen molar-refractivity contribution in [3.05, 3.63) is 216 Å². The Kier molecular flexibility index (Phi) is 15.1. The average Bonchev–Trinajstić information content (AvgIpc) is 3.23. The van der Waals surface area contributed by atoms with E-state index in [4.69, 9.17) is 23.7 Å². The number of ether oxygens (including phenoxy) is 5. The second-order valence-electron chi connectivity index (χ2n) is 17.9. The highest BCUT2D eigenvalue weighted by atomic mass is 16.5. The van der Waals surface area contributed by atoms with Crippen molar-refractivity contribution in [1.82, 2.24) is 0 Å². The number of aryl methyl sites for hydroxylation is 11. The van der Waals surface area contributed by atoms with Gasteiger partial charge in [-0.25, -0.2) is 0 Å². The van der Waals surface area contributed by atoms with E-state index < -0.39 is 0 Å². The largest absolute Gasteiger partial charge is 0.489 e. The second-order valence-corrected chi connectivity index (χ2v) is 17.9. The maximum absolute atomic E-state index is 6.57. The predicted octanol–water partition coefficient (Wildman–Crippen LogP) is 14.4. The molecule has 0 aromatic heterocycles. The van der Waals surface area contributed by atoms with E-state index in [2.05, 4.69) is 165 Å². The van der Waals surface area contributed by atoms with Crippen LogP contribution < -0.4 is 23.7 Å². The quantitative estimate of drug-likeness (QED) is 0.0811. The fourth-order valence-corrected chi connectivity index (χ4v) is 8.71. The van der Waals surface area contributed by atoms with E-state index in [-0.39, 0.29) is 0 Å². The molecular formula is C59H64O5. The minimum atomic E-state index is 0.330. The highest BCUT2D eigenvalue weighted by molar-refractivity contribution is 5.43. The highest BCUT2D eigenvalue weighted by Gasteiger charge is 2.11. The Morgan fingerprint density at radius 1 is 0.234 bits per heavy atom. The van der Waals surface area contributed by atoms with E-state index in [1.54, 1.807) is 0 Å². The van der Waals surface area contributed by atoms with Gasteiger partial charge in [0.1, 0.15) is 61.8 Å². The molecule has 0 fully saturated rings. The van der Waals surface area contributed by atoms with Crippen LogP contribution >= 0.6 is 0 Å². The van der Waals surface area contributed by atoms with Gasteiger partial charge >= 0.3 is 0 Å². The van der Waals surface area contributed by atoms with E-state index in [0.29, 0.717) is 33.0 Å². The molecule has 0 N–H and O–H groups in total. The van der Waals surface area contributed by atoms with Crippen LogP contribution in [-0.2, 0) is 52.3 Å². The van der Waals surface area contributed by atoms with Crippen LogP contribution in [0.15, 0.2) is 127 Å². The van der Waals surface area contributed by atoms with Crippen molar-refractivity contribution in [1.29, 1.82) is 0 Å². The molecule has 0 heterocycles. The van der Waals surface area contributed by atoms with Gasteiger partial charge in [0.05, 0.1) is 0 Å². The van der Waals surface area contributed by atoms with Crippen LogP contribution in [0.2, 0.25) is 0 Å². The lowest BCUT2D eigenvalue weighted by Crippen LogP contribution is -2.03. The first-order chi connectivity index (χ1) is 30.8. The molecule has 7 aromatic carbocycles. The molecule has 0 saturated heterocycles. The molecule has 0 atom stereocenters. The molecule has 330 valence electrons. The zero-order chi connectivity index (χ0) is 45.2.